The quantitative estimate of drug-likeness (QED) is 0.683. The molecule has 1 aromatic heterocycles. The Morgan fingerprint density at radius 3 is 2.90 bits per heavy atom. The molecule has 0 aliphatic carbocycles. The largest absolute Gasteiger partial charge is 0.454 e. The zero-order valence-corrected chi connectivity index (χ0v) is 11.6. The van der Waals surface area contributed by atoms with Gasteiger partial charge in [-0.1, -0.05) is 0 Å². The van der Waals surface area contributed by atoms with Crippen LogP contribution in [0.2, 0.25) is 0 Å². The van der Waals surface area contributed by atoms with Gasteiger partial charge in [-0.25, -0.2) is 4.98 Å². The highest BCUT2D eigenvalue weighted by Crippen LogP contribution is 2.36. The van der Waals surface area contributed by atoms with Crippen LogP contribution in [0.4, 0.5) is 17.2 Å². The molecule has 1 aliphatic heterocycles. The first-order valence-electron chi connectivity index (χ1n) is 5.60. The Bertz CT molecular complexity index is 692. The van der Waals surface area contributed by atoms with E-state index in [1.807, 2.05) is 0 Å². The van der Waals surface area contributed by atoms with Crippen LogP contribution in [0.1, 0.15) is 0 Å². The van der Waals surface area contributed by atoms with Gasteiger partial charge >= 0.3 is 5.69 Å². The summed E-state index contributed by atoms with van der Waals surface area (Å²) in [5.41, 5.74) is 0.518. The molecule has 1 aromatic carbocycles. The smallest absolute Gasteiger partial charge is 0.312 e. The molecule has 0 spiro atoms. The predicted octanol–water partition coefficient (Wildman–Crippen LogP) is 3.22. The van der Waals surface area contributed by atoms with Crippen LogP contribution in [0.15, 0.2) is 34.9 Å². The van der Waals surface area contributed by atoms with Gasteiger partial charge in [0.15, 0.2) is 11.5 Å². The van der Waals surface area contributed by atoms with E-state index in [0.29, 0.717) is 21.7 Å². The molecule has 2 aromatic rings. The van der Waals surface area contributed by atoms with Crippen LogP contribution in [-0.4, -0.2) is 16.7 Å². The second-order valence-corrected chi connectivity index (χ2v) is 4.89. The van der Waals surface area contributed by atoms with Crippen LogP contribution in [0.5, 0.6) is 11.5 Å². The van der Waals surface area contributed by atoms with Gasteiger partial charge in [0.2, 0.25) is 12.6 Å². The van der Waals surface area contributed by atoms with Gasteiger partial charge in [-0.2, -0.15) is 0 Å². The van der Waals surface area contributed by atoms with Crippen LogP contribution in [0, 0.1) is 10.1 Å². The van der Waals surface area contributed by atoms with Crippen LogP contribution < -0.4 is 14.8 Å². The Morgan fingerprint density at radius 1 is 1.30 bits per heavy atom. The second kappa shape index (κ2) is 4.97. The zero-order chi connectivity index (χ0) is 14.1. The van der Waals surface area contributed by atoms with E-state index in [-0.39, 0.29) is 18.3 Å². The van der Waals surface area contributed by atoms with Gasteiger partial charge in [0.1, 0.15) is 0 Å². The third-order valence-electron chi connectivity index (χ3n) is 2.67. The van der Waals surface area contributed by atoms with Crippen molar-refractivity contribution in [3.05, 3.63) is 45.0 Å². The fraction of sp³-hybridized carbons (Fsp3) is 0.0833. The topological polar surface area (TPSA) is 86.5 Å². The first-order valence-corrected chi connectivity index (χ1v) is 6.39. The molecule has 8 heteroatoms. The van der Waals surface area contributed by atoms with Crippen molar-refractivity contribution in [2.75, 3.05) is 12.1 Å². The van der Waals surface area contributed by atoms with Crippen molar-refractivity contribution >= 4 is 33.1 Å². The summed E-state index contributed by atoms with van der Waals surface area (Å²) in [5, 5.41) is 13.9. The van der Waals surface area contributed by atoms with Gasteiger partial charge in [0.25, 0.3) is 0 Å². The fourth-order valence-corrected chi connectivity index (χ4v) is 2.09. The summed E-state index contributed by atoms with van der Waals surface area (Å²) in [5.74, 6) is 1.40. The van der Waals surface area contributed by atoms with E-state index in [9.17, 15) is 10.1 Å². The van der Waals surface area contributed by atoms with E-state index in [1.54, 1.807) is 18.2 Å². The number of fused-ring (bicyclic) bond motifs is 1. The minimum atomic E-state index is -0.493. The van der Waals surface area contributed by atoms with Crippen molar-refractivity contribution in [3.8, 4) is 11.5 Å². The summed E-state index contributed by atoms with van der Waals surface area (Å²) < 4.78 is 11.0. The lowest BCUT2D eigenvalue weighted by molar-refractivity contribution is -0.384. The average Bonchev–Trinajstić information content (AvgIpc) is 2.88. The number of halogens is 1. The molecule has 0 saturated carbocycles. The van der Waals surface area contributed by atoms with E-state index in [2.05, 4.69) is 26.2 Å². The molecule has 0 radical (unpaired) electrons. The van der Waals surface area contributed by atoms with E-state index >= 15 is 0 Å². The fourth-order valence-electron chi connectivity index (χ4n) is 1.78. The van der Waals surface area contributed by atoms with Gasteiger partial charge in [-0.05, 0) is 28.1 Å². The predicted molar refractivity (Wildman–Crippen MR) is 74.4 cm³/mol. The van der Waals surface area contributed by atoms with Gasteiger partial charge < -0.3 is 14.8 Å². The maximum Gasteiger partial charge on any atom is 0.312 e. The third-order valence-corrected chi connectivity index (χ3v) is 3.10. The molecule has 0 fully saturated rings. The average molecular weight is 338 g/mol. The number of aromatic nitrogens is 1. The summed E-state index contributed by atoms with van der Waals surface area (Å²) in [4.78, 5) is 14.5. The summed E-state index contributed by atoms with van der Waals surface area (Å²) in [6.07, 6.45) is 1.49. The van der Waals surface area contributed by atoms with Gasteiger partial charge in [-0.15, -0.1) is 0 Å². The van der Waals surface area contributed by atoms with E-state index in [0.717, 1.165) is 0 Å². The highest BCUT2D eigenvalue weighted by Gasteiger charge is 2.18. The monoisotopic (exact) mass is 337 g/mol. The molecule has 0 atom stereocenters. The Kier molecular flexibility index (Phi) is 3.15. The van der Waals surface area contributed by atoms with Crippen LogP contribution in [0.25, 0.3) is 0 Å². The summed E-state index contributed by atoms with van der Waals surface area (Å²) in [6.45, 7) is 0.176. The molecule has 0 bridgehead atoms. The van der Waals surface area contributed by atoms with Crippen molar-refractivity contribution in [3.63, 3.8) is 0 Å². The number of hydrogen-bond donors (Lipinski definition) is 1. The number of nitrogens with one attached hydrogen (secondary N) is 1. The lowest BCUT2D eigenvalue weighted by Crippen LogP contribution is -1.99. The summed E-state index contributed by atoms with van der Waals surface area (Å²) in [6, 6.07) is 6.56. The molecule has 1 N–H and O–H groups in total. The molecular weight excluding hydrogens is 330 g/mol. The van der Waals surface area contributed by atoms with E-state index < -0.39 is 4.92 Å². The Labute approximate surface area is 121 Å². The van der Waals surface area contributed by atoms with E-state index in [4.69, 9.17) is 9.47 Å². The Morgan fingerprint density at radius 2 is 2.10 bits per heavy atom. The molecule has 1 aliphatic rings. The standard InChI is InChI=1S/C12H8BrN3O4/c13-7-3-9(16(17)18)12(14-5-7)15-8-1-2-10-11(4-8)20-6-19-10/h1-5H,6H2,(H,14,15). The maximum atomic E-state index is 11.0. The lowest BCUT2D eigenvalue weighted by Gasteiger charge is -2.07. The second-order valence-electron chi connectivity index (χ2n) is 3.97. The molecule has 102 valence electrons. The van der Waals surface area contributed by atoms with Crippen molar-refractivity contribution in [1.82, 2.24) is 4.98 Å². The van der Waals surface area contributed by atoms with Crippen molar-refractivity contribution < 1.29 is 14.4 Å². The van der Waals surface area contributed by atoms with Crippen LogP contribution in [0.3, 0.4) is 0 Å². The number of nitro groups is 1. The molecule has 0 saturated heterocycles. The molecular formula is C12H8BrN3O4. The summed E-state index contributed by atoms with van der Waals surface area (Å²) >= 11 is 3.16. The number of anilines is 2. The maximum absolute atomic E-state index is 11.0. The number of ether oxygens (including phenoxy) is 2. The minimum Gasteiger partial charge on any atom is -0.454 e. The lowest BCUT2D eigenvalue weighted by atomic mass is 10.2. The highest BCUT2D eigenvalue weighted by atomic mass is 79.9. The highest BCUT2D eigenvalue weighted by molar-refractivity contribution is 9.10. The Balaban J connectivity index is 1.93. The number of rotatable bonds is 3. The van der Waals surface area contributed by atoms with Crippen LogP contribution in [-0.2, 0) is 0 Å². The number of hydrogen-bond acceptors (Lipinski definition) is 6. The molecule has 0 unspecified atom stereocenters. The minimum absolute atomic E-state index is 0.114. The van der Waals surface area contributed by atoms with Crippen molar-refractivity contribution in [2.45, 2.75) is 0 Å². The first-order chi connectivity index (χ1) is 9.63. The summed E-state index contributed by atoms with van der Waals surface area (Å²) in [7, 11) is 0. The molecule has 3 rings (SSSR count). The Hall–Kier alpha value is -2.35. The van der Waals surface area contributed by atoms with Gasteiger partial charge in [0, 0.05) is 28.5 Å². The molecule has 7 nitrogen and oxygen atoms in total. The SMILES string of the molecule is O=[N+]([O-])c1cc(Br)cnc1Nc1ccc2c(c1)OCO2. The van der Waals surface area contributed by atoms with Crippen LogP contribution >= 0.6 is 15.9 Å². The van der Waals surface area contributed by atoms with Gasteiger partial charge in [0.05, 0.1) is 4.92 Å². The normalized spacial score (nSPS) is 12.2. The first kappa shape index (κ1) is 12.7. The zero-order valence-electron chi connectivity index (χ0n) is 10.00. The molecule has 2 heterocycles. The number of pyridine rings is 1. The molecule has 0 amide bonds. The van der Waals surface area contributed by atoms with Crippen molar-refractivity contribution in [2.24, 2.45) is 0 Å². The van der Waals surface area contributed by atoms with Gasteiger partial charge in [-0.3, -0.25) is 10.1 Å². The van der Waals surface area contributed by atoms with Crippen molar-refractivity contribution in [1.29, 1.82) is 0 Å². The number of nitrogens with zero attached hydrogens (tertiary/aromatic N) is 2. The van der Waals surface area contributed by atoms with E-state index in [1.165, 1.54) is 12.3 Å². The third kappa shape index (κ3) is 2.37. The molecule has 20 heavy (non-hydrogen) atoms. The number of benzene rings is 1.